The fourth-order valence-electron chi connectivity index (χ4n) is 4.21. The number of carbonyl (C=O) groups is 1. The molecule has 0 aliphatic carbocycles. The molecule has 7 heteroatoms. The molecule has 1 aliphatic rings. The molecule has 0 bridgehead atoms. The summed E-state index contributed by atoms with van der Waals surface area (Å²) in [6.45, 7) is 9.90. The predicted molar refractivity (Wildman–Crippen MR) is 120 cm³/mol. The molecule has 31 heavy (non-hydrogen) atoms. The molecule has 3 heterocycles. The van der Waals surface area contributed by atoms with E-state index in [0.717, 1.165) is 56.2 Å². The van der Waals surface area contributed by atoms with Gasteiger partial charge in [0.2, 0.25) is 5.91 Å². The minimum Gasteiger partial charge on any atom is -0.491 e. The van der Waals surface area contributed by atoms with Crippen LogP contribution in [0, 0.1) is 5.92 Å². The van der Waals surface area contributed by atoms with Crippen LogP contribution in [0.4, 0.5) is 0 Å². The van der Waals surface area contributed by atoms with Gasteiger partial charge >= 0.3 is 0 Å². The highest BCUT2D eigenvalue weighted by Crippen LogP contribution is 2.19. The second kappa shape index (κ2) is 9.47. The fourth-order valence-corrected chi connectivity index (χ4v) is 4.21. The largest absolute Gasteiger partial charge is 0.491 e. The quantitative estimate of drug-likeness (QED) is 0.612. The van der Waals surface area contributed by atoms with Gasteiger partial charge in [0.15, 0.2) is 5.65 Å². The molecule has 1 amide bonds. The molecule has 0 spiro atoms. The monoisotopic (exact) mass is 421 g/mol. The first-order valence-electron chi connectivity index (χ1n) is 11.0. The lowest BCUT2D eigenvalue weighted by atomic mass is 10.0. The van der Waals surface area contributed by atoms with Gasteiger partial charge in [-0.15, -0.1) is 0 Å². The zero-order valence-corrected chi connectivity index (χ0v) is 18.6. The van der Waals surface area contributed by atoms with Gasteiger partial charge < -0.3 is 14.0 Å². The summed E-state index contributed by atoms with van der Waals surface area (Å²) in [7, 11) is 0. The van der Waals surface area contributed by atoms with Crippen molar-refractivity contribution in [3.05, 3.63) is 60.3 Å². The van der Waals surface area contributed by atoms with Gasteiger partial charge in [0.25, 0.3) is 0 Å². The van der Waals surface area contributed by atoms with Crippen molar-refractivity contribution in [3.8, 4) is 5.75 Å². The molecule has 7 nitrogen and oxygen atoms in total. The molecule has 2 aromatic heterocycles. The number of hydrogen-bond acceptors (Lipinski definition) is 5. The highest BCUT2D eigenvalue weighted by molar-refractivity contribution is 5.73. The van der Waals surface area contributed by atoms with Crippen LogP contribution in [-0.2, 0) is 17.8 Å². The Balaban J connectivity index is 1.46. The zero-order valence-electron chi connectivity index (χ0n) is 18.6. The first-order valence-corrected chi connectivity index (χ1v) is 11.0. The minimum absolute atomic E-state index is 0.139. The van der Waals surface area contributed by atoms with Gasteiger partial charge in [0.05, 0.1) is 18.0 Å². The number of fused-ring (bicyclic) bond motifs is 1. The van der Waals surface area contributed by atoms with E-state index >= 15 is 0 Å². The fraction of sp³-hybridized carbons (Fsp3) is 0.458. The summed E-state index contributed by atoms with van der Waals surface area (Å²) in [4.78, 5) is 25.4. The van der Waals surface area contributed by atoms with Crippen molar-refractivity contribution in [2.24, 2.45) is 5.92 Å². The highest BCUT2D eigenvalue weighted by atomic mass is 16.5. The van der Waals surface area contributed by atoms with E-state index in [-0.39, 0.29) is 12.0 Å². The van der Waals surface area contributed by atoms with E-state index in [1.807, 2.05) is 53.9 Å². The SMILES string of the molecule is CC(=O)N1CCN(Cc2ccc(OC(C)C)cc2)CC(Cc2cn3ccnc3cn2)C1. The lowest BCUT2D eigenvalue weighted by Crippen LogP contribution is -2.34. The van der Waals surface area contributed by atoms with Crippen molar-refractivity contribution < 1.29 is 9.53 Å². The van der Waals surface area contributed by atoms with Gasteiger partial charge in [-0.2, -0.15) is 0 Å². The number of hydrogen-bond donors (Lipinski definition) is 0. The molecule has 0 radical (unpaired) electrons. The Bertz CT molecular complexity index is 1010. The van der Waals surface area contributed by atoms with Crippen LogP contribution >= 0.6 is 0 Å². The molecule has 1 aliphatic heterocycles. The van der Waals surface area contributed by atoms with Crippen molar-refractivity contribution in [3.63, 3.8) is 0 Å². The van der Waals surface area contributed by atoms with Crippen LogP contribution in [0.5, 0.6) is 5.75 Å². The number of carbonyl (C=O) groups excluding carboxylic acids is 1. The number of amides is 1. The van der Waals surface area contributed by atoms with Crippen LogP contribution in [-0.4, -0.2) is 62.4 Å². The van der Waals surface area contributed by atoms with Gasteiger partial charge in [0.1, 0.15) is 5.75 Å². The summed E-state index contributed by atoms with van der Waals surface area (Å²) >= 11 is 0. The Morgan fingerprint density at radius 3 is 2.71 bits per heavy atom. The Kier molecular flexibility index (Phi) is 6.51. The normalized spacial score (nSPS) is 17.8. The third-order valence-corrected chi connectivity index (χ3v) is 5.66. The molecule has 0 N–H and O–H groups in total. The number of benzene rings is 1. The van der Waals surface area contributed by atoms with Crippen LogP contribution in [0.15, 0.2) is 49.1 Å². The average molecular weight is 422 g/mol. The molecule has 1 fully saturated rings. The Morgan fingerprint density at radius 2 is 1.97 bits per heavy atom. The summed E-state index contributed by atoms with van der Waals surface area (Å²) in [5.41, 5.74) is 3.13. The zero-order chi connectivity index (χ0) is 21.8. The molecule has 4 rings (SSSR count). The smallest absolute Gasteiger partial charge is 0.219 e. The molecule has 0 saturated carbocycles. The first-order chi connectivity index (χ1) is 15.0. The standard InChI is InChI=1S/C24H31N5O2/c1-18(2)31-23-6-4-20(5-7-23)14-27-10-11-28(19(3)30)16-21(15-27)12-22-17-29-9-8-25-24(29)13-26-22/h4-9,13,17-18,21H,10-12,14-16H2,1-3H3. The van der Waals surface area contributed by atoms with E-state index in [1.165, 1.54) is 5.56 Å². The van der Waals surface area contributed by atoms with Crippen LogP contribution in [0.25, 0.3) is 5.65 Å². The van der Waals surface area contributed by atoms with Crippen molar-refractivity contribution in [1.29, 1.82) is 0 Å². The highest BCUT2D eigenvalue weighted by Gasteiger charge is 2.25. The summed E-state index contributed by atoms with van der Waals surface area (Å²) in [6, 6.07) is 8.34. The second-order valence-electron chi connectivity index (χ2n) is 8.65. The number of ether oxygens (including phenoxy) is 1. The Hall–Kier alpha value is -2.93. The van der Waals surface area contributed by atoms with E-state index in [9.17, 15) is 4.79 Å². The molecule has 1 saturated heterocycles. The lowest BCUT2D eigenvalue weighted by molar-refractivity contribution is -0.129. The third kappa shape index (κ3) is 5.61. The molecular formula is C24H31N5O2. The number of rotatable bonds is 6. The van der Waals surface area contributed by atoms with E-state index in [2.05, 4.69) is 27.0 Å². The molecule has 1 atom stereocenters. The summed E-state index contributed by atoms with van der Waals surface area (Å²) in [5.74, 6) is 1.36. The second-order valence-corrected chi connectivity index (χ2v) is 8.65. The molecule has 3 aromatic rings. The summed E-state index contributed by atoms with van der Waals surface area (Å²) in [6.07, 6.45) is 8.58. The van der Waals surface area contributed by atoms with E-state index < -0.39 is 0 Å². The average Bonchev–Trinajstić information content (AvgIpc) is 3.10. The minimum atomic E-state index is 0.139. The molecule has 164 valence electrons. The first kappa shape index (κ1) is 21.3. The van der Waals surface area contributed by atoms with E-state index in [0.29, 0.717) is 5.92 Å². The number of imidazole rings is 1. The number of nitrogens with zero attached hydrogens (tertiary/aromatic N) is 5. The lowest BCUT2D eigenvalue weighted by Gasteiger charge is -2.24. The Morgan fingerprint density at radius 1 is 1.16 bits per heavy atom. The summed E-state index contributed by atoms with van der Waals surface area (Å²) < 4.78 is 7.76. The van der Waals surface area contributed by atoms with Crippen LogP contribution < -0.4 is 4.74 Å². The van der Waals surface area contributed by atoms with Crippen LogP contribution in [0.3, 0.4) is 0 Å². The van der Waals surface area contributed by atoms with Gasteiger partial charge in [-0.3, -0.25) is 14.7 Å². The van der Waals surface area contributed by atoms with Crippen LogP contribution in [0.1, 0.15) is 32.0 Å². The van der Waals surface area contributed by atoms with Gasteiger partial charge in [-0.1, -0.05) is 12.1 Å². The maximum absolute atomic E-state index is 12.1. The van der Waals surface area contributed by atoms with Gasteiger partial charge in [0, 0.05) is 58.2 Å². The van der Waals surface area contributed by atoms with Crippen LogP contribution in [0.2, 0.25) is 0 Å². The van der Waals surface area contributed by atoms with Crippen molar-refractivity contribution in [2.45, 2.75) is 39.8 Å². The van der Waals surface area contributed by atoms with Crippen molar-refractivity contribution >= 4 is 11.6 Å². The summed E-state index contributed by atoms with van der Waals surface area (Å²) in [5, 5.41) is 0. The van der Waals surface area contributed by atoms with Crippen molar-refractivity contribution in [2.75, 3.05) is 26.2 Å². The van der Waals surface area contributed by atoms with E-state index in [1.54, 1.807) is 13.1 Å². The third-order valence-electron chi connectivity index (χ3n) is 5.66. The number of aromatic nitrogens is 3. The maximum Gasteiger partial charge on any atom is 0.219 e. The van der Waals surface area contributed by atoms with Gasteiger partial charge in [-0.05, 0) is 43.9 Å². The maximum atomic E-state index is 12.1. The topological polar surface area (TPSA) is 63.0 Å². The molecule has 1 aromatic carbocycles. The Labute approximate surface area is 183 Å². The van der Waals surface area contributed by atoms with E-state index in [4.69, 9.17) is 4.74 Å². The van der Waals surface area contributed by atoms with Gasteiger partial charge in [-0.25, -0.2) is 4.98 Å². The molecule has 1 unspecified atom stereocenters. The predicted octanol–water partition coefficient (Wildman–Crippen LogP) is 3.04. The molecular weight excluding hydrogens is 390 g/mol. The van der Waals surface area contributed by atoms with Crippen molar-refractivity contribution in [1.82, 2.24) is 24.2 Å².